The van der Waals surface area contributed by atoms with Crippen molar-refractivity contribution in [3.63, 3.8) is 0 Å². The van der Waals surface area contributed by atoms with Gasteiger partial charge in [-0.1, -0.05) is 70.9 Å². The summed E-state index contributed by atoms with van der Waals surface area (Å²) < 4.78 is 32.0. The average Bonchev–Trinajstić information content (AvgIpc) is 3.57. The summed E-state index contributed by atoms with van der Waals surface area (Å²) in [6, 6.07) is 9.06. The summed E-state index contributed by atoms with van der Waals surface area (Å²) >= 11 is 1.22. The molecule has 0 unspecified atom stereocenters. The minimum Gasteiger partial charge on any atom is -0.455 e. The third kappa shape index (κ3) is 13.2. The molecule has 6 atom stereocenters. The van der Waals surface area contributed by atoms with Crippen LogP contribution in [0.15, 0.2) is 35.7 Å². The van der Waals surface area contributed by atoms with E-state index >= 15 is 0 Å². The molecule has 1 N–H and O–H groups in total. The van der Waals surface area contributed by atoms with Crippen molar-refractivity contribution in [2.45, 2.75) is 104 Å². The first-order valence-corrected chi connectivity index (χ1v) is 20.9. The van der Waals surface area contributed by atoms with Crippen molar-refractivity contribution < 1.29 is 32.3 Å². The van der Waals surface area contributed by atoms with Crippen molar-refractivity contribution in [1.82, 2.24) is 19.5 Å². The first-order valence-electron chi connectivity index (χ1n) is 18.1. The van der Waals surface area contributed by atoms with Gasteiger partial charge < -0.3 is 9.64 Å². The zero-order valence-corrected chi connectivity index (χ0v) is 33.2. The van der Waals surface area contributed by atoms with Crippen LogP contribution in [0.1, 0.15) is 107 Å². The molecule has 284 valence electrons. The number of Topliss-reactive ketones (excluding diaryl/α,β-unsaturated/α-hetero) is 2. The van der Waals surface area contributed by atoms with Gasteiger partial charge in [0.15, 0.2) is 17.7 Å². The van der Waals surface area contributed by atoms with E-state index in [0.29, 0.717) is 11.4 Å². The van der Waals surface area contributed by atoms with E-state index < -0.39 is 28.0 Å². The maximum Gasteiger partial charge on any atom is 0.303 e. The van der Waals surface area contributed by atoms with E-state index in [1.807, 2.05) is 65.1 Å². The molecular weight excluding hydrogens is 689 g/mol. The Morgan fingerprint density at radius 3 is 2.37 bits per heavy atom. The summed E-state index contributed by atoms with van der Waals surface area (Å²) in [7, 11) is 0.285. The quantitative estimate of drug-likeness (QED) is 0.133. The second-order valence-corrected chi connectivity index (χ2v) is 17.3. The second-order valence-electron chi connectivity index (χ2n) is 14.6. The summed E-state index contributed by atoms with van der Waals surface area (Å²) in [5.41, 5.74) is 1.21. The van der Waals surface area contributed by atoms with Gasteiger partial charge in [0, 0.05) is 57.1 Å². The fraction of sp³-hybridized carbons (Fsp3) is 0.658. The molecule has 0 aliphatic carbocycles. The molecule has 1 aliphatic heterocycles. The Hall–Kier alpha value is -3.00. The minimum absolute atomic E-state index is 0.000703. The Bertz CT molecular complexity index is 1560. The number of hydrogen-bond acceptors (Lipinski definition) is 10. The van der Waals surface area contributed by atoms with Crippen LogP contribution >= 0.6 is 11.3 Å². The van der Waals surface area contributed by atoms with E-state index in [0.717, 1.165) is 44.0 Å². The molecule has 3 rings (SSSR count). The number of carbonyl (C=O) groups is 4. The second kappa shape index (κ2) is 19.7. The number of esters is 1. The number of amides is 1. The fourth-order valence-electron chi connectivity index (χ4n) is 6.94. The average molecular weight is 747 g/mol. The molecule has 1 saturated heterocycles. The summed E-state index contributed by atoms with van der Waals surface area (Å²) in [4.78, 5) is 62.1. The van der Waals surface area contributed by atoms with E-state index in [4.69, 9.17) is 4.74 Å². The predicted octanol–water partition coefficient (Wildman–Crippen LogP) is 5.71. The molecule has 1 aliphatic rings. The van der Waals surface area contributed by atoms with Crippen molar-refractivity contribution in [2.24, 2.45) is 23.7 Å². The predicted molar refractivity (Wildman–Crippen MR) is 201 cm³/mol. The van der Waals surface area contributed by atoms with Gasteiger partial charge in [-0.15, -0.1) is 11.3 Å². The Balaban J connectivity index is 1.80. The highest BCUT2D eigenvalue weighted by Crippen LogP contribution is 2.33. The van der Waals surface area contributed by atoms with Crippen LogP contribution in [0.3, 0.4) is 0 Å². The van der Waals surface area contributed by atoms with Crippen molar-refractivity contribution >= 4 is 44.8 Å². The molecule has 0 saturated carbocycles. The van der Waals surface area contributed by atoms with Crippen LogP contribution in [0.25, 0.3) is 0 Å². The standard InChI is InChI=1S/C38H58N4O7S2/c1-9-26(4)30(21-35(45)32-17-13-14-18-41(32)6)38(46)42(7)33(25(2)3)22-36(49-27(5)43)37-40-31(24-50-37)34(44)20-29(23-39-51(8,47)48)19-28-15-11-10-12-16-28/h10-12,15-16,24-26,29-30,32-33,36,39H,9,13-14,17-23H2,1-8H3/t26-,29+,30-,32+,33+,36+/m0/s1. The lowest BCUT2D eigenvalue weighted by molar-refractivity contribution is -0.149. The van der Waals surface area contributed by atoms with Gasteiger partial charge in [-0.2, -0.15) is 0 Å². The van der Waals surface area contributed by atoms with Gasteiger partial charge in [0.25, 0.3) is 0 Å². The van der Waals surface area contributed by atoms with E-state index in [-0.39, 0.29) is 78.8 Å². The van der Waals surface area contributed by atoms with Gasteiger partial charge in [-0.05, 0) is 56.2 Å². The Kier molecular flexibility index (Phi) is 16.4. The molecule has 2 heterocycles. The van der Waals surface area contributed by atoms with E-state index in [1.54, 1.807) is 17.3 Å². The van der Waals surface area contributed by atoms with Crippen molar-refractivity contribution in [3.8, 4) is 0 Å². The number of nitrogens with one attached hydrogen (secondary N) is 1. The zero-order chi connectivity index (χ0) is 37.9. The van der Waals surface area contributed by atoms with Gasteiger partial charge in [0.05, 0.1) is 12.3 Å². The fourth-order valence-corrected chi connectivity index (χ4v) is 8.34. The van der Waals surface area contributed by atoms with Crippen molar-refractivity contribution in [2.75, 3.05) is 33.4 Å². The maximum atomic E-state index is 14.2. The number of sulfonamides is 1. The summed E-state index contributed by atoms with van der Waals surface area (Å²) in [5.74, 6) is -1.53. The largest absolute Gasteiger partial charge is 0.455 e. The molecule has 13 heteroatoms. The Morgan fingerprint density at radius 2 is 1.78 bits per heavy atom. The number of ketones is 2. The van der Waals surface area contributed by atoms with Gasteiger partial charge in [-0.3, -0.25) is 24.1 Å². The molecule has 11 nitrogen and oxygen atoms in total. The van der Waals surface area contributed by atoms with Crippen LogP contribution < -0.4 is 4.72 Å². The summed E-state index contributed by atoms with van der Waals surface area (Å²) in [6.45, 7) is 10.4. The Labute approximate surface area is 309 Å². The lowest BCUT2D eigenvalue weighted by atomic mass is 9.83. The lowest BCUT2D eigenvalue weighted by Gasteiger charge is -2.37. The number of aromatic nitrogens is 1. The van der Waals surface area contributed by atoms with Crippen LogP contribution in [0.4, 0.5) is 0 Å². The zero-order valence-electron chi connectivity index (χ0n) is 31.6. The highest BCUT2D eigenvalue weighted by molar-refractivity contribution is 7.88. The molecule has 51 heavy (non-hydrogen) atoms. The highest BCUT2D eigenvalue weighted by Gasteiger charge is 2.37. The van der Waals surface area contributed by atoms with E-state index in [2.05, 4.69) is 14.6 Å². The van der Waals surface area contributed by atoms with Gasteiger partial charge >= 0.3 is 5.97 Å². The van der Waals surface area contributed by atoms with Gasteiger partial charge in [0.2, 0.25) is 15.9 Å². The Morgan fingerprint density at radius 1 is 1.10 bits per heavy atom. The number of nitrogens with zero attached hydrogens (tertiary/aromatic N) is 3. The molecule has 1 aromatic carbocycles. The molecule has 1 aromatic heterocycles. The molecule has 1 fully saturated rings. The monoisotopic (exact) mass is 746 g/mol. The van der Waals surface area contributed by atoms with Crippen LogP contribution in [0.5, 0.6) is 0 Å². The summed E-state index contributed by atoms with van der Waals surface area (Å²) in [5, 5.41) is 2.09. The molecule has 0 bridgehead atoms. The number of piperidine rings is 1. The van der Waals surface area contributed by atoms with E-state index in [9.17, 15) is 27.6 Å². The first-order chi connectivity index (χ1) is 24.0. The summed E-state index contributed by atoms with van der Waals surface area (Å²) in [6.07, 6.45) is 4.96. The number of likely N-dealkylation sites (N-methyl/N-ethyl adjacent to an activating group) is 1. The topological polar surface area (TPSA) is 143 Å². The molecule has 0 spiro atoms. The number of rotatable bonds is 20. The minimum atomic E-state index is -3.46. The van der Waals surface area contributed by atoms with Gasteiger partial charge in [0.1, 0.15) is 10.7 Å². The lowest BCUT2D eigenvalue weighted by Crippen LogP contribution is -2.48. The molecular formula is C38H58N4O7S2. The smallest absolute Gasteiger partial charge is 0.303 e. The number of thiazole rings is 1. The SMILES string of the molecule is CC[C@H](C)[C@H](CC(=O)[C@H]1CCCCN1C)C(=O)N(C)[C@H](C[C@@H](OC(C)=O)c1nc(C(=O)C[C@H](CNS(C)(=O)=O)Cc2ccccc2)cs1)C(C)C. The number of carbonyl (C=O) groups excluding carboxylic acids is 4. The highest BCUT2D eigenvalue weighted by atomic mass is 32.2. The number of hydrogen-bond donors (Lipinski definition) is 1. The third-order valence-corrected chi connectivity index (χ3v) is 11.8. The van der Waals surface area contributed by atoms with Crippen LogP contribution in [-0.2, 0) is 35.6 Å². The molecule has 2 aromatic rings. The number of benzene rings is 1. The third-order valence-electron chi connectivity index (χ3n) is 10.1. The molecule has 0 radical (unpaired) electrons. The van der Waals surface area contributed by atoms with Crippen LogP contribution in [0, 0.1) is 23.7 Å². The maximum absolute atomic E-state index is 14.2. The first kappa shape index (κ1) is 42.4. The van der Waals surface area contributed by atoms with Crippen LogP contribution in [0.2, 0.25) is 0 Å². The normalized spacial score (nSPS) is 18.4. The number of likely N-dealkylation sites (tertiary alicyclic amines) is 1. The van der Waals surface area contributed by atoms with Gasteiger partial charge in [-0.25, -0.2) is 18.1 Å². The molecule has 1 amide bonds. The van der Waals surface area contributed by atoms with Crippen LogP contribution in [-0.4, -0.2) is 92.2 Å². The van der Waals surface area contributed by atoms with E-state index in [1.165, 1.54) is 18.3 Å². The number of ether oxygens (including phenoxy) is 1. The van der Waals surface area contributed by atoms with Crippen molar-refractivity contribution in [1.29, 1.82) is 0 Å². The van der Waals surface area contributed by atoms with Crippen molar-refractivity contribution in [3.05, 3.63) is 52.0 Å².